The minimum absolute atomic E-state index is 0.187. The van der Waals surface area contributed by atoms with E-state index in [1.165, 1.54) is 0 Å². The molecule has 0 radical (unpaired) electrons. The molecular weight excluding hydrogens is 276 g/mol. The molecule has 4 nitrogen and oxygen atoms in total. The third-order valence-electron chi connectivity index (χ3n) is 4.70. The van der Waals surface area contributed by atoms with Gasteiger partial charge in [-0.25, -0.2) is 0 Å². The number of rotatable bonds is 2. The number of likely N-dealkylation sites (tertiary alicyclic amines) is 1. The van der Waals surface area contributed by atoms with E-state index < -0.39 is 5.60 Å². The van der Waals surface area contributed by atoms with Crippen LogP contribution in [0.25, 0.3) is 5.69 Å². The van der Waals surface area contributed by atoms with Gasteiger partial charge in [0.2, 0.25) is 5.91 Å². The van der Waals surface area contributed by atoms with Crippen LogP contribution in [-0.4, -0.2) is 28.5 Å². The molecule has 0 bridgehead atoms. The lowest BCUT2D eigenvalue weighted by Crippen LogP contribution is -2.41. The van der Waals surface area contributed by atoms with E-state index in [-0.39, 0.29) is 5.91 Å². The first-order valence-electron chi connectivity index (χ1n) is 7.91. The van der Waals surface area contributed by atoms with Gasteiger partial charge in [0, 0.05) is 19.3 Å². The van der Waals surface area contributed by atoms with E-state index in [1.54, 1.807) is 0 Å². The van der Waals surface area contributed by atoms with Crippen LogP contribution < -0.4 is 4.74 Å². The molecule has 1 saturated heterocycles. The first kappa shape index (κ1) is 13.4. The van der Waals surface area contributed by atoms with E-state index in [4.69, 9.17) is 4.74 Å². The van der Waals surface area contributed by atoms with Gasteiger partial charge in [0.05, 0.1) is 17.8 Å². The van der Waals surface area contributed by atoms with E-state index in [1.807, 2.05) is 54.4 Å². The maximum atomic E-state index is 12.6. The number of amides is 1. The highest BCUT2D eigenvalue weighted by Gasteiger charge is 2.40. The van der Waals surface area contributed by atoms with Crippen molar-refractivity contribution in [3.05, 3.63) is 48.3 Å². The fourth-order valence-corrected chi connectivity index (χ4v) is 3.55. The Hall–Kier alpha value is -2.23. The molecule has 1 amide bonds. The number of hydrogen-bond acceptors (Lipinski definition) is 2. The van der Waals surface area contributed by atoms with E-state index in [2.05, 4.69) is 4.57 Å². The van der Waals surface area contributed by atoms with Crippen LogP contribution in [0.3, 0.4) is 0 Å². The lowest BCUT2D eigenvalue weighted by Gasteiger charge is -2.37. The van der Waals surface area contributed by atoms with Crippen molar-refractivity contribution in [2.75, 3.05) is 13.1 Å². The molecule has 4 heteroatoms. The van der Waals surface area contributed by atoms with Gasteiger partial charge in [0.25, 0.3) is 0 Å². The molecule has 2 aliphatic rings. The third kappa shape index (κ3) is 2.02. The standard InChI is InChI=1S/C18H20N2O2/c1-18(13-17(21)19-10-4-5-11-19)16-9-6-12-20(16)14-7-2-3-8-15(14)22-18/h2-3,6-9,12H,4-5,10-11,13H2,1H3. The highest BCUT2D eigenvalue weighted by Crippen LogP contribution is 2.41. The Kier molecular flexibility index (Phi) is 2.99. The van der Waals surface area contributed by atoms with Crippen LogP contribution in [-0.2, 0) is 10.4 Å². The second-order valence-corrected chi connectivity index (χ2v) is 6.33. The van der Waals surface area contributed by atoms with Gasteiger partial charge in [0.1, 0.15) is 5.75 Å². The molecular formula is C18H20N2O2. The van der Waals surface area contributed by atoms with Gasteiger partial charge >= 0.3 is 0 Å². The highest BCUT2D eigenvalue weighted by atomic mass is 16.5. The predicted octanol–water partition coefficient (Wildman–Crippen LogP) is 3.10. The minimum atomic E-state index is -0.614. The van der Waals surface area contributed by atoms with Crippen LogP contribution in [0.2, 0.25) is 0 Å². The summed E-state index contributed by atoms with van der Waals surface area (Å²) in [5.74, 6) is 1.02. The van der Waals surface area contributed by atoms with Crippen LogP contribution in [0.5, 0.6) is 5.75 Å². The van der Waals surface area contributed by atoms with Gasteiger partial charge in [-0.15, -0.1) is 0 Å². The maximum Gasteiger partial charge on any atom is 0.227 e. The molecule has 0 aliphatic carbocycles. The van der Waals surface area contributed by atoms with Crippen molar-refractivity contribution in [1.29, 1.82) is 0 Å². The zero-order valence-corrected chi connectivity index (χ0v) is 12.8. The van der Waals surface area contributed by atoms with Gasteiger partial charge in [-0.05, 0) is 44.0 Å². The second kappa shape index (κ2) is 4.90. The normalized spacial score (nSPS) is 22.9. The summed E-state index contributed by atoms with van der Waals surface area (Å²) in [6.45, 7) is 3.78. The number of ether oxygens (including phenoxy) is 1. The fourth-order valence-electron chi connectivity index (χ4n) is 3.55. The molecule has 1 unspecified atom stereocenters. The SMILES string of the molecule is CC1(CC(=O)N2CCCC2)Oc2ccccc2-n2cccc21. The fraction of sp³-hybridized carbons (Fsp3) is 0.389. The van der Waals surface area contributed by atoms with E-state index in [0.717, 1.165) is 43.1 Å². The molecule has 22 heavy (non-hydrogen) atoms. The van der Waals surface area contributed by atoms with Crippen molar-refractivity contribution < 1.29 is 9.53 Å². The smallest absolute Gasteiger partial charge is 0.227 e. The number of fused-ring (bicyclic) bond motifs is 3. The first-order valence-corrected chi connectivity index (χ1v) is 7.91. The van der Waals surface area contributed by atoms with Gasteiger partial charge in [-0.1, -0.05) is 12.1 Å². The molecule has 1 atom stereocenters. The molecule has 1 aromatic carbocycles. The first-order chi connectivity index (χ1) is 10.7. The predicted molar refractivity (Wildman–Crippen MR) is 84.2 cm³/mol. The van der Waals surface area contributed by atoms with Crippen molar-refractivity contribution >= 4 is 5.91 Å². The minimum Gasteiger partial charge on any atom is -0.479 e. The Labute approximate surface area is 130 Å². The van der Waals surface area contributed by atoms with E-state index >= 15 is 0 Å². The summed E-state index contributed by atoms with van der Waals surface area (Å²) in [5, 5.41) is 0. The van der Waals surface area contributed by atoms with Crippen LogP contribution >= 0.6 is 0 Å². The van der Waals surface area contributed by atoms with E-state index in [0.29, 0.717) is 6.42 Å². The number of hydrogen-bond donors (Lipinski definition) is 0. The molecule has 4 rings (SSSR count). The number of benzene rings is 1. The van der Waals surface area contributed by atoms with Crippen molar-refractivity contribution in [3.8, 4) is 11.4 Å². The van der Waals surface area contributed by atoms with Crippen molar-refractivity contribution in [2.24, 2.45) is 0 Å². The maximum absolute atomic E-state index is 12.6. The molecule has 0 saturated carbocycles. The van der Waals surface area contributed by atoms with Gasteiger partial charge in [-0.2, -0.15) is 0 Å². The summed E-state index contributed by atoms with van der Waals surface area (Å²) in [7, 11) is 0. The molecule has 114 valence electrons. The van der Waals surface area contributed by atoms with Crippen molar-refractivity contribution in [2.45, 2.75) is 31.8 Å². The summed E-state index contributed by atoms with van der Waals surface area (Å²) in [5.41, 5.74) is 1.46. The number of carbonyl (C=O) groups excluding carboxylic acids is 1. The second-order valence-electron chi connectivity index (χ2n) is 6.33. The van der Waals surface area contributed by atoms with Crippen molar-refractivity contribution in [3.63, 3.8) is 0 Å². The number of para-hydroxylation sites is 2. The molecule has 2 aliphatic heterocycles. The van der Waals surface area contributed by atoms with Crippen LogP contribution in [0.15, 0.2) is 42.6 Å². The molecule has 1 aromatic heterocycles. The van der Waals surface area contributed by atoms with Gasteiger partial charge in [0.15, 0.2) is 5.60 Å². The molecule has 2 aromatic rings. The molecule has 0 spiro atoms. The molecule has 1 fully saturated rings. The Morgan fingerprint density at radius 3 is 2.77 bits per heavy atom. The Morgan fingerprint density at radius 1 is 1.18 bits per heavy atom. The van der Waals surface area contributed by atoms with Crippen molar-refractivity contribution in [1.82, 2.24) is 9.47 Å². The highest BCUT2D eigenvalue weighted by molar-refractivity contribution is 5.78. The van der Waals surface area contributed by atoms with Gasteiger partial charge < -0.3 is 14.2 Å². The Morgan fingerprint density at radius 2 is 1.95 bits per heavy atom. The van der Waals surface area contributed by atoms with E-state index in [9.17, 15) is 4.79 Å². The summed E-state index contributed by atoms with van der Waals surface area (Å²) in [4.78, 5) is 14.6. The average Bonchev–Trinajstić information content (AvgIpc) is 3.19. The summed E-state index contributed by atoms with van der Waals surface area (Å²) in [6.07, 6.45) is 4.64. The zero-order chi connectivity index (χ0) is 15.2. The lowest BCUT2D eigenvalue weighted by atomic mass is 9.94. The van der Waals surface area contributed by atoms with Gasteiger partial charge in [-0.3, -0.25) is 4.79 Å². The number of carbonyl (C=O) groups is 1. The number of aromatic nitrogens is 1. The Balaban J connectivity index is 1.69. The quantitative estimate of drug-likeness (QED) is 0.853. The zero-order valence-electron chi connectivity index (χ0n) is 12.8. The van der Waals surface area contributed by atoms with Crippen LogP contribution in [0.4, 0.5) is 0 Å². The number of nitrogens with zero attached hydrogens (tertiary/aromatic N) is 2. The topological polar surface area (TPSA) is 34.5 Å². The monoisotopic (exact) mass is 296 g/mol. The largest absolute Gasteiger partial charge is 0.479 e. The van der Waals surface area contributed by atoms with Crippen LogP contribution in [0, 0.1) is 0 Å². The Bertz CT molecular complexity index is 715. The molecule has 0 N–H and O–H groups in total. The lowest BCUT2D eigenvalue weighted by molar-refractivity contribution is -0.134. The third-order valence-corrected chi connectivity index (χ3v) is 4.70. The summed E-state index contributed by atoms with van der Waals surface area (Å²) >= 11 is 0. The summed E-state index contributed by atoms with van der Waals surface area (Å²) in [6, 6.07) is 12.0. The average molecular weight is 296 g/mol. The molecule has 3 heterocycles. The van der Waals surface area contributed by atoms with Crippen LogP contribution in [0.1, 0.15) is 31.9 Å². The summed E-state index contributed by atoms with van der Waals surface area (Å²) < 4.78 is 8.40.